The molecular formula is C12H16N4O. The van der Waals surface area contributed by atoms with Crippen LogP contribution < -0.4 is 5.32 Å². The molecular weight excluding hydrogens is 216 g/mol. The van der Waals surface area contributed by atoms with Crippen molar-refractivity contribution in [1.29, 1.82) is 0 Å². The number of aromatic nitrogens is 3. The van der Waals surface area contributed by atoms with E-state index < -0.39 is 0 Å². The number of anilines is 1. The van der Waals surface area contributed by atoms with Crippen LogP contribution in [0, 0.1) is 0 Å². The Labute approximate surface area is 99.9 Å². The highest BCUT2D eigenvalue weighted by molar-refractivity contribution is 5.74. The highest BCUT2D eigenvalue weighted by atomic mass is 16.3. The molecule has 1 aromatic carbocycles. The van der Waals surface area contributed by atoms with Crippen LogP contribution in [0.2, 0.25) is 0 Å². The molecule has 5 heteroatoms. The number of nitrogens with one attached hydrogen (secondary N) is 1. The van der Waals surface area contributed by atoms with E-state index in [0.717, 1.165) is 11.0 Å². The molecule has 0 fully saturated rings. The van der Waals surface area contributed by atoms with Crippen molar-refractivity contribution in [3.63, 3.8) is 0 Å². The molecule has 0 saturated carbocycles. The number of fused-ring (bicyclic) bond motifs is 1. The molecule has 0 bridgehead atoms. The second-order valence-corrected chi connectivity index (χ2v) is 4.61. The second-order valence-electron chi connectivity index (χ2n) is 4.61. The molecule has 5 nitrogen and oxygen atoms in total. The van der Waals surface area contributed by atoms with Gasteiger partial charge < -0.3 is 10.4 Å². The van der Waals surface area contributed by atoms with Crippen LogP contribution >= 0.6 is 0 Å². The van der Waals surface area contributed by atoms with E-state index in [1.807, 2.05) is 38.1 Å². The maximum Gasteiger partial charge on any atom is 0.243 e. The van der Waals surface area contributed by atoms with Gasteiger partial charge in [0.05, 0.1) is 5.52 Å². The van der Waals surface area contributed by atoms with Crippen molar-refractivity contribution in [2.45, 2.75) is 25.8 Å². The van der Waals surface area contributed by atoms with Gasteiger partial charge in [-0.1, -0.05) is 12.1 Å². The smallest absolute Gasteiger partial charge is 0.243 e. The van der Waals surface area contributed by atoms with Crippen LogP contribution in [0.4, 0.5) is 5.95 Å². The van der Waals surface area contributed by atoms with Crippen LogP contribution in [0.25, 0.3) is 11.0 Å². The molecule has 0 atom stereocenters. The molecule has 0 amide bonds. The van der Waals surface area contributed by atoms with Crippen LogP contribution in [0.5, 0.6) is 0 Å². The van der Waals surface area contributed by atoms with E-state index in [9.17, 15) is 0 Å². The van der Waals surface area contributed by atoms with Gasteiger partial charge >= 0.3 is 0 Å². The number of para-hydroxylation sites is 1. The van der Waals surface area contributed by atoms with Crippen LogP contribution in [-0.2, 0) is 0 Å². The molecule has 1 heterocycles. The fraction of sp³-hybridized carbons (Fsp3) is 0.417. The molecule has 17 heavy (non-hydrogen) atoms. The van der Waals surface area contributed by atoms with Gasteiger partial charge in [0.1, 0.15) is 5.52 Å². The highest BCUT2D eigenvalue weighted by Crippen LogP contribution is 2.15. The molecule has 0 unspecified atom stereocenters. The Balaban J connectivity index is 2.25. The van der Waals surface area contributed by atoms with Crippen molar-refractivity contribution in [3.05, 3.63) is 24.3 Å². The average molecular weight is 232 g/mol. The number of aliphatic hydroxyl groups is 1. The summed E-state index contributed by atoms with van der Waals surface area (Å²) < 4.78 is 0. The topological polar surface area (TPSA) is 70.9 Å². The molecule has 0 spiro atoms. The van der Waals surface area contributed by atoms with Crippen molar-refractivity contribution in [2.24, 2.45) is 0 Å². The van der Waals surface area contributed by atoms with Gasteiger partial charge in [-0.3, -0.25) is 0 Å². The highest BCUT2D eigenvalue weighted by Gasteiger charge is 2.18. The summed E-state index contributed by atoms with van der Waals surface area (Å²) in [6, 6.07) is 7.59. The lowest BCUT2D eigenvalue weighted by molar-refractivity contribution is 0.260. The molecule has 2 rings (SSSR count). The predicted octanol–water partition coefficient (Wildman–Crippen LogP) is 1.60. The Morgan fingerprint density at radius 1 is 1.18 bits per heavy atom. The average Bonchev–Trinajstić information content (AvgIpc) is 2.28. The molecule has 1 aromatic heterocycles. The fourth-order valence-electron chi connectivity index (χ4n) is 1.58. The molecule has 0 aliphatic carbocycles. The van der Waals surface area contributed by atoms with E-state index in [0.29, 0.717) is 12.4 Å². The predicted molar refractivity (Wildman–Crippen MR) is 66.7 cm³/mol. The Morgan fingerprint density at radius 3 is 2.59 bits per heavy atom. The van der Waals surface area contributed by atoms with Gasteiger partial charge in [0.15, 0.2) is 0 Å². The Bertz CT molecular complexity index is 513. The summed E-state index contributed by atoms with van der Waals surface area (Å²) in [7, 11) is 0. The number of nitrogens with zero attached hydrogens (tertiary/aromatic N) is 3. The largest absolute Gasteiger partial charge is 0.396 e. The monoisotopic (exact) mass is 232 g/mol. The first-order chi connectivity index (χ1) is 8.11. The van der Waals surface area contributed by atoms with Gasteiger partial charge in [-0.2, -0.15) is 0 Å². The molecule has 0 radical (unpaired) electrons. The van der Waals surface area contributed by atoms with Crippen molar-refractivity contribution >= 4 is 17.0 Å². The molecule has 0 aliphatic heterocycles. The number of hydrogen-bond donors (Lipinski definition) is 2. The van der Waals surface area contributed by atoms with Crippen LogP contribution in [0.15, 0.2) is 24.3 Å². The normalized spacial score (nSPS) is 11.7. The van der Waals surface area contributed by atoms with Gasteiger partial charge in [0.2, 0.25) is 5.95 Å². The van der Waals surface area contributed by atoms with E-state index >= 15 is 0 Å². The van der Waals surface area contributed by atoms with Crippen molar-refractivity contribution in [3.8, 4) is 0 Å². The van der Waals surface area contributed by atoms with E-state index in [1.165, 1.54) is 0 Å². The summed E-state index contributed by atoms with van der Waals surface area (Å²) in [5.74, 6) is 0.488. The number of hydrogen-bond acceptors (Lipinski definition) is 5. The SMILES string of the molecule is CC(C)(CCO)Nc1nnc2ccccc2n1. The number of aliphatic hydroxyl groups excluding tert-OH is 1. The van der Waals surface area contributed by atoms with Gasteiger partial charge in [0, 0.05) is 12.1 Å². The van der Waals surface area contributed by atoms with Gasteiger partial charge in [-0.05, 0) is 32.4 Å². The summed E-state index contributed by atoms with van der Waals surface area (Å²) in [5, 5.41) is 20.2. The fourth-order valence-corrected chi connectivity index (χ4v) is 1.58. The third kappa shape index (κ3) is 2.88. The summed E-state index contributed by atoms with van der Waals surface area (Å²) in [5.41, 5.74) is 1.33. The molecule has 0 aliphatic rings. The van der Waals surface area contributed by atoms with Crippen molar-refractivity contribution in [1.82, 2.24) is 15.2 Å². The maximum atomic E-state index is 8.96. The third-order valence-electron chi connectivity index (χ3n) is 2.55. The van der Waals surface area contributed by atoms with Crippen LogP contribution in [0.3, 0.4) is 0 Å². The van der Waals surface area contributed by atoms with E-state index in [-0.39, 0.29) is 12.1 Å². The van der Waals surface area contributed by atoms with Gasteiger partial charge in [0.25, 0.3) is 0 Å². The second kappa shape index (κ2) is 4.63. The first kappa shape index (κ1) is 11.7. The molecule has 2 aromatic rings. The minimum atomic E-state index is -0.251. The summed E-state index contributed by atoms with van der Waals surface area (Å²) >= 11 is 0. The molecule has 0 saturated heterocycles. The Morgan fingerprint density at radius 2 is 1.88 bits per heavy atom. The van der Waals surface area contributed by atoms with E-state index in [2.05, 4.69) is 20.5 Å². The maximum absolute atomic E-state index is 8.96. The molecule has 90 valence electrons. The summed E-state index contributed by atoms with van der Waals surface area (Å²) in [6.45, 7) is 4.10. The summed E-state index contributed by atoms with van der Waals surface area (Å²) in [4.78, 5) is 4.38. The lowest BCUT2D eigenvalue weighted by Crippen LogP contribution is -2.32. The number of benzene rings is 1. The minimum Gasteiger partial charge on any atom is -0.396 e. The Kier molecular flexibility index (Phi) is 3.19. The first-order valence-electron chi connectivity index (χ1n) is 5.59. The quantitative estimate of drug-likeness (QED) is 0.837. The van der Waals surface area contributed by atoms with E-state index in [1.54, 1.807) is 0 Å². The molecule has 2 N–H and O–H groups in total. The van der Waals surface area contributed by atoms with Gasteiger partial charge in [-0.25, -0.2) is 4.98 Å². The van der Waals surface area contributed by atoms with Crippen molar-refractivity contribution in [2.75, 3.05) is 11.9 Å². The number of rotatable bonds is 4. The zero-order chi connectivity index (χ0) is 12.3. The zero-order valence-corrected chi connectivity index (χ0v) is 10.0. The van der Waals surface area contributed by atoms with Crippen LogP contribution in [0.1, 0.15) is 20.3 Å². The van der Waals surface area contributed by atoms with E-state index in [4.69, 9.17) is 5.11 Å². The lowest BCUT2D eigenvalue weighted by atomic mass is 10.0. The lowest BCUT2D eigenvalue weighted by Gasteiger charge is -2.24. The third-order valence-corrected chi connectivity index (χ3v) is 2.55. The Hall–Kier alpha value is -1.75. The first-order valence-corrected chi connectivity index (χ1v) is 5.59. The van der Waals surface area contributed by atoms with Gasteiger partial charge in [-0.15, -0.1) is 10.2 Å². The zero-order valence-electron chi connectivity index (χ0n) is 10.0. The van der Waals surface area contributed by atoms with Crippen LogP contribution in [-0.4, -0.2) is 32.4 Å². The van der Waals surface area contributed by atoms with Crippen molar-refractivity contribution < 1.29 is 5.11 Å². The summed E-state index contributed by atoms with van der Waals surface area (Å²) in [6.07, 6.45) is 0.628. The standard InChI is InChI=1S/C12H16N4O/c1-12(2,7-8-17)14-11-13-9-5-3-4-6-10(9)15-16-11/h3-6,17H,7-8H2,1-2H3,(H,13,14,16). The minimum absolute atomic E-state index is 0.126.